The Balaban J connectivity index is 1.48. The second-order valence-corrected chi connectivity index (χ2v) is 7.17. The van der Waals surface area contributed by atoms with Gasteiger partial charge >= 0.3 is 6.18 Å². The van der Waals surface area contributed by atoms with Gasteiger partial charge in [-0.15, -0.1) is 15.3 Å². The quantitative estimate of drug-likeness (QED) is 0.506. The fraction of sp³-hybridized carbons (Fsp3) is 0.250. The number of halogens is 3. The molecule has 1 fully saturated rings. The van der Waals surface area contributed by atoms with Crippen LogP contribution in [0, 0.1) is 0 Å². The van der Waals surface area contributed by atoms with E-state index in [2.05, 4.69) is 20.5 Å². The minimum Gasteiger partial charge on any atom is -0.423 e. The summed E-state index contributed by atoms with van der Waals surface area (Å²) in [6.45, 7) is -0.00794. The summed E-state index contributed by atoms with van der Waals surface area (Å²) in [6, 6.07) is 9.65. The molecule has 1 aliphatic rings. The number of aromatic nitrogens is 5. The molecule has 4 aromatic rings. The highest BCUT2D eigenvalue weighted by molar-refractivity contribution is 5.83. The molecule has 30 heavy (non-hydrogen) atoms. The molecule has 0 radical (unpaired) electrons. The zero-order chi connectivity index (χ0) is 20.9. The molecule has 0 unspecified atom stereocenters. The minimum absolute atomic E-state index is 0.00794. The topological polar surface area (TPSA) is 86.7 Å². The summed E-state index contributed by atoms with van der Waals surface area (Å²) < 4.78 is 45.0. The molecule has 7 nitrogen and oxygen atoms in total. The van der Waals surface area contributed by atoms with Crippen molar-refractivity contribution in [3.63, 3.8) is 0 Å². The van der Waals surface area contributed by atoms with Crippen molar-refractivity contribution < 1.29 is 17.6 Å². The van der Waals surface area contributed by atoms with Crippen molar-refractivity contribution in [2.45, 2.75) is 31.5 Å². The average molecular weight is 413 g/mol. The van der Waals surface area contributed by atoms with Gasteiger partial charge in [0.05, 0.1) is 10.9 Å². The number of nitrogens with zero attached hydrogens (tertiary/aromatic N) is 5. The Hall–Kier alpha value is -3.56. The van der Waals surface area contributed by atoms with Crippen molar-refractivity contribution in [1.82, 2.24) is 25.2 Å². The van der Waals surface area contributed by atoms with E-state index in [0.29, 0.717) is 33.8 Å². The van der Waals surface area contributed by atoms with Crippen LogP contribution in [-0.2, 0) is 12.7 Å². The van der Waals surface area contributed by atoms with E-state index in [1.54, 1.807) is 18.2 Å². The van der Waals surface area contributed by atoms with Crippen LogP contribution >= 0.6 is 0 Å². The molecule has 1 saturated carbocycles. The van der Waals surface area contributed by atoms with Crippen molar-refractivity contribution in [3.8, 4) is 11.1 Å². The zero-order valence-corrected chi connectivity index (χ0v) is 15.4. The van der Waals surface area contributed by atoms with Crippen molar-refractivity contribution in [1.29, 1.82) is 0 Å². The molecule has 0 spiro atoms. The lowest BCUT2D eigenvalue weighted by molar-refractivity contribution is -0.137. The number of hydrogen-bond donors (Lipinski definition) is 0. The Morgan fingerprint density at radius 1 is 1.00 bits per heavy atom. The maximum atomic E-state index is 12.9. The van der Waals surface area contributed by atoms with Gasteiger partial charge in [-0.25, -0.2) is 4.68 Å². The summed E-state index contributed by atoms with van der Waals surface area (Å²) in [5, 5.41) is 16.2. The van der Waals surface area contributed by atoms with E-state index in [1.165, 1.54) is 12.1 Å². The van der Waals surface area contributed by atoms with E-state index >= 15 is 0 Å². The number of hydrogen-bond acceptors (Lipinski definition) is 6. The first-order valence-electron chi connectivity index (χ1n) is 9.26. The lowest BCUT2D eigenvalue weighted by Crippen LogP contribution is -2.25. The normalized spacial score (nSPS) is 14.4. The fourth-order valence-corrected chi connectivity index (χ4v) is 3.16. The first kappa shape index (κ1) is 18.5. The predicted molar refractivity (Wildman–Crippen MR) is 99.6 cm³/mol. The molecule has 0 aliphatic heterocycles. The summed E-state index contributed by atoms with van der Waals surface area (Å²) in [4.78, 5) is 12.9. The minimum atomic E-state index is -4.40. The van der Waals surface area contributed by atoms with Crippen LogP contribution in [0.3, 0.4) is 0 Å². The molecular weight excluding hydrogens is 399 g/mol. The molecule has 1 aliphatic carbocycles. The molecule has 152 valence electrons. The van der Waals surface area contributed by atoms with Gasteiger partial charge in [-0.3, -0.25) is 4.79 Å². The number of fused-ring (bicyclic) bond motifs is 1. The van der Waals surface area contributed by atoms with E-state index in [4.69, 9.17) is 4.42 Å². The smallest absolute Gasteiger partial charge is 0.416 e. The number of benzene rings is 2. The highest BCUT2D eigenvalue weighted by atomic mass is 19.4. The van der Waals surface area contributed by atoms with Crippen LogP contribution < -0.4 is 5.56 Å². The average Bonchev–Trinajstić information content (AvgIpc) is 3.48. The Morgan fingerprint density at radius 3 is 2.43 bits per heavy atom. The zero-order valence-electron chi connectivity index (χ0n) is 15.4. The first-order chi connectivity index (χ1) is 14.4. The fourth-order valence-electron chi connectivity index (χ4n) is 3.16. The Morgan fingerprint density at radius 2 is 1.73 bits per heavy atom. The van der Waals surface area contributed by atoms with Gasteiger partial charge in [0.25, 0.3) is 5.56 Å². The van der Waals surface area contributed by atoms with Crippen LogP contribution in [-0.4, -0.2) is 25.2 Å². The van der Waals surface area contributed by atoms with Crippen LogP contribution in [0.4, 0.5) is 13.2 Å². The van der Waals surface area contributed by atoms with Crippen molar-refractivity contribution in [3.05, 3.63) is 70.2 Å². The molecule has 2 heterocycles. The van der Waals surface area contributed by atoms with Crippen LogP contribution in [0.5, 0.6) is 0 Å². The number of rotatable bonds is 4. The molecule has 0 atom stereocenters. The van der Waals surface area contributed by atoms with Gasteiger partial charge in [0.1, 0.15) is 12.1 Å². The van der Waals surface area contributed by atoms with Crippen LogP contribution in [0.2, 0.25) is 0 Å². The van der Waals surface area contributed by atoms with Gasteiger partial charge < -0.3 is 4.42 Å². The standard InChI is InChI=1S/C20H14F3N5O2/c21-20(22,23)14-6-3-11(4-7-14)13-5-8-16-15(9-13)19(29)28(27-24-16)10-17-25-26-18(30-17)12-1-2-12/h3-9,12H,1-2,10H2. The summed E-state index contributed by atoms with van der Waals surface area (Å²) in [5.74, 6) is 1.14. The molecular formula is C20H14F3N5O2. The second kappa shape index (κ2) is 6.75. The van der Waals surface area contributed by atoms with E-state index in [9.17, 15) is 18.0 Å². The monoisotopic (exact) mass is 413 g/mol. The van der Waals surface area contributed by atoms with Crippen molar-refractivity contribution in [2.24, 2.45) is 0 Å². The molecule has 0 N–H and O–H groups in total. The highest BCUT2D eigenvalue weighted by Crippen LogP contribution is 2.39. The van der Waals surface area contributed by atoms with E-state index in [1.807, 2.05) is 0 Å². The highest BCUT2D eigenvalue weighted by Gasteiger charge is 2.30. The lowest BCUT2D eigenvalue weighted by atomic mass is 10.0. The van der Waals surface area contributed by atoms with Crippen LogP contribution in [0.1, 0.15) is 36.1 Å². The lowest BCUT2D eigenvalue weighted by Gasteiger charge is -2.08. The second-order valence-electron chi connectivity index (χ2n) is 7.17. The predicted octanol–water partition coefficient (Wildman–Crippen LogP) is 3.79. The third-order valence-electron chi connectivity index (χ3n) is 4.96. The first-order valence-corrected chi connectivity index (χ1v) is 9.26. The SMILES string of the molecule is O=c1c2cc(-c3ccc(C(F)(F)F)cc3)ccc2nnn1Cc1nnc(C2CC2)o1. The van der Waals surface area contributed by atoms with Gasteiger partial charge in [-0.2, -0.15) is 13.2 Å². The summed E-state index contributed by atoms with van der Waals surface area (Å²) in [6.07, 6.45) is -2.37. The van der Waals surface area contributed by atoms with Crippen molar-refractivity contribution >= 4 is 10.9 Å². The molecule has 5 rings (SSSR count). The molecule has 2 aromatic carbocycles. The third kappa shape index (κ3) is 3.44. The van der Waals surface area contributed by atoms with Gasteiger partial charge in [-0.05, 0) is 48.2 Å². The molecule has 2 aromatic heterocycles. The summed E-state index contributed by atoms with van der Waals surface area (Å²) in [5.41, 5.74) is 0.404. The third-order valence-corrected chi connectivity index (χ3v) is 4.96. The van der Waals surface area contributed by atoms with Crippen molar-refractivity contribution in [2.75, 3.05) is 0 Å². The van der Waals surface area contributed by atoms with Gasteiger partial charge in [0.2, 0.25) is 11.8 Å². The largest absolute Gasteiger partial charge is 0.423 e. The van der Waals surface area contributed by atoms with Crippen LogP contribution in [0.15, 0.2) is 51.7 Å². The maximum Gasteiger partial charge on any atom is 0.416 e. The number of alkyl halides is 3. The Labute approximate surface area is 167 Å². The Kier molecular flexibility index (Phi) is 4.16. The van der Waals surface area contributed by atoms with E-state index in [0.717, 1.165) is 29.7 Å². The van der Waals surface area contributed by atoms with Crippen LogP contribution in [0.25, 0.3) is 22.0 Å². The molecule has 0 saturated heterocycles. The molecule has 0 bridgehead atoms. The van der Waals surface area contributed by atoms with Gasteiger partial charge in [-0.1, -0.05) is 23.4 Å². The molecule has 10 heteroatoms. The van der Waals surface area contributed by atoms with E-state index < -0.39 is 17.3 Å². The molecule has 0 amide bonds. The van der Waals surface area contributed by atoms with Gasteiger partial charge in [0, 0.05) is 5.92 Å². The Bertz CT molecular complexity index is 1290. The summed E-state index contributed by atoms with van der Waals surface area (Å²) >= 11 is 0. The van der Waals surface area contributed by atoms with E-state index in [-0.39, 0.29) is 12.4 Å². The maximum absolute atomic E-state index is 12.9. The van der Waals surface area contributed by atoms with Gasteiger partial charge in [0.15, 0.2) is 0 Å². The summed E-state index contributed by atoms with van der Waals surface area (Å²) in [7, 11) is 0.